The number of rotatable bonds is 8. The van der Waals surface area contributed by atoms with E-state index >= 15 is 0 Å². The van der Waals surface area contributed by atoms with E-state index in [2.05, 4.69) is 36.6 Å². The average molecular weight is 423 g/mol. The molecule has 3 rings (SSSR count). The maximum absolute atomic E-state index is 12.5. The highest BCUT2D eigenvalue weighted by molar-refractivity contribution is 5.94. The third kappa shape index (κ3) is 5.55. The van der Waals surface area contributed by atoms with Gasteiger partial charge in [0, 0.05) is 17.7 Å². The van der Waals surface area contributed by atoms with Crippen LogP contribution < -0.4 is 10.2 Å². The van der Waals surface area contributed by atoms with Crippen LogP contribution in [-0.4, -0.2) is 34.7 Å². The summed E-state index contributed by atoms with van der Waals surface area (Å²) in [6.07, 6.45) is 0. The van der Waals surface area contributed by atoms with Crippen molar-refractivity contribution in [3.63, 3.8) is 0 Å². The zero-order valence-corrected chi connectivity index (χ0v) is 18.3. The van der Waals surface area contributed by atoms with Crippen LogP contribution >= 0.6 is 0 Å². The van der Waals surface area contributed by atoms with Crippen molar-refractivity contribution in [2.24, 2.45) is 0 Å². The van der Waals surface area contributed by atoms with E-state index in [9.17, 15) is 14.9 Å². The van der Waals surface area contributed by atoms with Gasteiger partial charge in [-0.2, -0.15) is 5.10 Å². The first-order chi connectivity index (χ1) is 14.7. The number of hydrogen-bond acceptors (Lipinski definition) is 4. The van der Waals surface area contributed by atoms with Crippen LogP contribution in [0, 0.1) is 24.0 Å². The summed E-state index contributed by atoms with van der Waals surface area (Å²) in [4.78, 5) is 24.6. The molecule has 1 heterocycles. The lowest BCUT2D eigenvalue weighted by atomic mass is 10.1. The Bertz CT molecular complexity index is 1070. The zero-order chi connectivity index (χ0) is 22.5. The maximum atomic E-state index is 12.5. The molecule has 0 radical (unpaired) electrons. The summed E-state index contributed by atoms with van der Waals surface area (Å²) < 4.78 is 1.62. The van der Waals surface area contributed by atoms with Crippen molar-refractivity contribution >= 4 is 11.6 Å². The first-order valence-electron chi connectivity index (χ1n) is 10.2. The maximum Gasteiger partial charge on any atom is 0.312 e. The second-order valence-electron chi connectivity index (χ2n) is 8.01. The molecule has 2 aromatic carbocycles. The molecule has 162 valence electrons. The molecule has 0 fully saturated rings. The standard InChI is InChI=1S/C23H27N5O3/c1-16-22(28(30)31)17(2)27(25-16)15-20-9-11-21(12-10-20)23(29)24-13-18-5-7-19(8-6-18)14-26(3)4/h5-12H,13-15H2,1-4H3,(H,24,29)/p+1. The summed E-state index contributed by atoms with van der Waals surface area (Å²) in [6, 6.07) is 15.5. The first kappa shape index (κ1) is 22.2. The highest BCUT2D eigenvalue weighted by Crippen LogP contribution is 2.22. The molecule has 2 N–H and O–H groups in total. The molecular formula is C23H28N5O3+. The molecule has 31 heavy (non-hydrogen) atoms. The van der Waals surface area contributed by atoms with Gasteiger partial charge in [-0.3, -0.25) is 19.6 Å². The monoisotopic (exact) mass is 422 g/mol. The highest BCUT2D eigenvalue weighted by Gasteiger charge is 2.21. The fourth-order valence-electron chi connectivity index (χ4n) is 3.51. The molecule has 0 aliphatic rings. The Morgan fingerprint density at radius 2 is 1.61 bits per heavy atom. The quantitative estimate of drug-likeness (QED) is 0.429. The number of quaternary nitrogens is 1. The van der Waals surface area contributed by atoms with Gasteiger partial charge < -0.3 is 10.2 Å². The van der Waals surface area contributed by atoms with Crippen LogP contribution in [0.3, 0.4) is 0 Å². The fraction of sp³-hybridized carbons (Fsp3) is 0.304. The Hall–Kier alpha value is -3.52. The van der Waals surface area contributed by atoms with E-state index in [1.807, 2.05) is 24.3 Å². The van der Waals surface area contributed by atoms with Crippen molar-refractivity contribution in [1.29, 1.82) is 0 Å². The minimum atomic E-state index is -0.404. The summed E-state index contributed by atoms with van der Waals surface area (Å²) in [5, 5.41) is 18.4. The number of aryl methyl sites for hydroxylation is 1. The minimum Gasteiger partial charge on any atom is -0.348 e. The lowest BCUT2D eigenvalue weighted by Gasteiger charge is -2.09. The van der Waals surface area contributed by atoms with Gasteiger partial charge in [-0.1, -0.05) is 36.4 Å². The van der Waals surface area contributed by atoms with E-state index in [0.717, 1.165) is 17.7 Å². The number of nitro groups is 1. The molecule has 0 bridgehead atoms. The molecule has 0 saturated heterocycles. The van der Waals surface area contributed by atoms with Gasteiger partial charge in [-0.15, -0.1) is 0 Å². The molecule has 0 spiro atoms. The van der Waals surface area contributed by atoms with E-state index < -0.39 is 4.92 Å². The number of nitrogens with zero attached hydrogens (tertiary/aromatic N) is 3. The molecule has 0 aliphatic heterocycles. The SMILES string of the molecule is Cc1nn(Cc2ccc(C(=O)NCc3ccc(C[NH+](C)C)cc3)cc2)c(C)c1[N+](=O)[O-]. The van der Waals surface area contributed by atoms with Crippen LogP contribution in [0.25, 0.3) is 0 Å². The Kier molecular flexibility index (Phi) is 6.81. The van der Waals surface area contributed by atoms with Gasteiger partial charge in [-0.05, 0) is 37.1 Å². The third-order valence-corrected chi connectivity index (χ3v) is 5.11. The molecule has 0 saturated carbocycles. The van der Waals surface area contributed by atoms with Crippen molar-refractivity contribution in [3.8, 4) is 0 Å². The Morgan fingerprint density at radius 3 is 2.16 bits per heavy atom. The van der Waals surface area contributed by atoms with E-state index in [4.69, 9.17) is 0 Å². The number of aromatic nitrogens is 2. The number of carbonyl (C=O) groups is 1. The number of nitrogens with one attached hydrogen (secondary N) is 2. The number of benzene rings is 2. The van der Waals surface area contributed by atoms with Crippen molar-refractivity contribution in [3.05, 3.63) is 92.3 Å². The van der Waals surface area contributed by atoms with Crippen LogP contribution in [0.1, 0.15) is 38.4 Å². The molecule has 0 unspecified atom stereocenters. The van der Waals surface area contributed by atoms with Gasteiger partial charge in [0.25, 0.3) is 5.91 Å². The number of hydrogen-bond donors (Lipinski definition) is 2. The van der Waals surface area contributed by atoms with E-state index in [0.29, 0.717) is 30.0 Å². The largest absolute Gasteiger partial charge is 0.348 e. The minimum absolute atomic E-state index is 0.0481. The molecule has 1 aromatic heterocycles. The second-order valence-corrected chi connectivity index (χ2v) is 8.01. The van der Waals surface area contributed by atoms with Crippen LogP contribution in [-0.2, 0) is 19.6 Å². The fourth-order valence-corrected chi connectivity index (χ4v) is 3.51. The molecular weight excluding hydrogens is 394 g/mol. The predicted octanol–water partition coefficient (Wildman–Crippen LogP) is 2.03. The first-order valence-corrected chi connectivity index (χ1v) is 10.2. The molecule has 8 nitrogen and oxygen atoms in total. The predicted molar refractivity (Wildman–Crippen MR) is 118 cm³/mol. The Morgan fingerprint density at radius 1 is 1.03 bits per heavy atom. The van der Waals surface area contributed by atoms with Crippen molar-refractivity contribution in [1.82, 2.24) is 15.1 Å². The van der Waals surface area contributed by atoms with Gasteiger partial charge in [-0.25, -0.2) is 0 Å². The lowest BCUT2D eigenvalue weighted by Crippen LogP contribution is -3.04. The van der Waals surface area contributed by atoms with Crippen LogP contribution in [0.15, 0.2) is 48.5 Å². The van der Waals surface area contributed by atoms with E-state index in [-0.39, 0.29) is 11.6 Å². The second kappa shape index (κ2) is 9.53. The van der Waals surface area contributed by atoms with E-state index in [1.165, 1.54) is 10.5 Å². The van der Waals surface area contributed by atoms with Gasteiger partial charge in [0.1, 0.15) is 17.9 Å². The lowest BCUT2D eigenvalue weighted by molar-refractivity contribution is -0.872. The molecule has 0 atom stereocenters. The molecule has 3 aromatic rings. The molecule has 1 amide bonds. The van der Waals surface area contributed by atoms with Gasteiger partial charge in [0.2, 0.25) is 0 Å². The topological polar surface area (TPSA) is 94.5 Å². The van der Waals surface area contributed by atoms with Gasteiger partial charge >= 0.3 is 5.69 Å². The zero-order valence-electron chi connectivity index (χ0n) is 18.3. The van der Waals surface area contributed by atoms with E-state index in [1.54, 1.807) is 30.7 Å². The normalized spacial score (nSPS) is 11.0. The molecule has 8 heteroatoms. The number of amides is 1. The van der Waals surface area contributed by atoms with Crippen molar-refractivity contribution in [2.75, 3.05) is 14.1 Å². The summed E-state index contributed by atoms with van der Waals surface area (Å²) in [7, 11) is 4.22. The molecule has 0 aliphatic carbocycles. The van der Waals surface area contributed by atoms with Crippen LogP contribution in [0.2, 0.25) is 0 Å². The summed E-state index contributed by atoms with van der Waals surface area (Å²) in [6.45, 7) is 5.15. The Balaban J connectivity index is 1.59. The van der Waals surface area contributed by atoms with Crippen molar-refractivity contribution < 1.29 is 14.6 Å². The summed E-state index contributed by atoms with van der Waals surface area (Å²) >= 11 is 0. The van der Waals surface area contributed by atoms with Crippen LogP contribution in [0.5, 0.6) is 0 Å². The van der Waals surface area contributed by atoms with Crippen LogP contribution in [0.4, 0.5) is 5.69 Å². The Labute approximate surface area is 181 Å². The van der Waals surface area contributed by atoms with Crippen molar-refractivity contribution in [2.45, 2.75) is 33.5 Å². The summed E-state index contributed by atoms with van der Waals surface area (Å²) in [5.41, 5.74) is 4.75. The van der Waals surface area contributed by atoms with Gasteiger partial charge in [0.15, 0.2) is 0 Å². The van der Waals surface area contributed by atoms with Gasteiger partial charge in [0.05, 0.1) is 25.6 Å². The average Bonchev–Trinajstić information content (AvgIpc) is 3.00. The summed E-state index contributed by atoms with van der Waals surface area (Å²) in [5.74, 6) is -0.143. The highest BCUT2D eigenvalue weighted by atomic mass is 16.6. The third-order valence-electron chi connectivity index (χ3n) is 5.11. The number of carbonyl (C=O) groups excluding carboxylic acids is 1. The smallest absolute Gasteiger partial charge is 0.312 e.